The zero-order chi connectivity index (χ0) is 9.97. The number of hydrogen-bond donors (Lipinski definition) is 1. The molecule has 3 heteroatoms. The van der Waals surface area contributed by atoms with E-state index in [0.717, 1.165) is 12.8 Å². The summed E-state index contributed by atoms with van der Waals surface area (Å²) in [6.07, 6.45) is 3.42. The molecule has 74 valence electrons. The number of carbonyl (C=O) groups excluding carboxylic acids is 1. The van der Waals surface area contributed by atoms with Gasteiger partial charge in [-0.05, 0) is 42.5 Å². The topological polar surface area (TPSA) is 52.3 Å². The van der Waals surface area contributed by atoms with Crippen LogP contribution in [0.1, 0.15) is 17.5 Å². The van der Waals surface area contributed by atoms with Crippen LogP contribution in [0.25, 0.3) is 0 Å². The smallest absolute Gasteiger partial charge is 0.325 e. The standard InChI is InChI=1S/C11H13NO2/c12-7-11(13)14-10-5-4-8-2-1-3-9(8)6-10/h4-6H,1-3,7,12H2. The molecule has 0 unspecified atom stereocenters. The van der Waals surface area contributed by atoms with Crippen molar-refractivity contribution in [2.45, 2.75) is 19.3 Å². The molecule has 2 rings (SSSR count). The van der Waals surface area contributed by atoms with Gasteiger partial charge in [0.25, 0.3) is 0 Å². The lowest BCUT2D eigenvalue weighted by Gasteiger charge is -2.04. The minimum atomic E-state index is -0.386. The molecule has 2 N–H and O–H groups in total. The number of benzene rings is 1. The molecule has 0 radical (unpaired) electrons. The number of fused-ring (bicyclic) bond motifs is 1. The van der Waals surface area contributed by atoms with Gasteiger partial charge in [0, 0.05) is 0 Å². The summed E-state index contributed by atoms with van der Waals surface area (Å²) >= 11 is 0. The van der Waals surface area contributed by atoms with Crippen molar-refractivity contribution in [2.75, 3.05) is 6.54 Å². The molecular formula is C11H13NO2. The van der Waals surface area contributed by atoms with Crippen LogP contribution >= 0.6 is 0 Å². The molecule has 0 heterocycles. The molecule has 0 bridgehead atoms. The van der Waals surface area contributed by atoms with E-state index in [1.807, 2.05) is 18.2 Å². The first-order valence-electron chi connectivity index (χ1n) is 4.82. The van der Waals surface area contributed by atoms with Crippen LogP contribution in [-0.2, 0) is 17.6 Å². The SMILES string of the molecule is NCC(=O)Oc1ccc2c(c1)CCC2. The van der Waals surface area contributed by atoms with Gasteiger partial charge in [0.15, 0.2) is 0 Å². The highest BCUT2D eigenvalue weighted by molar-refractivity contribution is 5.74. The maximum absolute atomic E-state index is 10.9. The summed E-state index contributed by atoms with van der Waals surface area (Å²) < 4.78 is 5.02. The van der Waals surface area contributed by atoms with Crippen molar-refractivity contribution in [3.05, 3.63) is 29.3 Å². The summed E-state index contributed by atoms with van der Waals surface area (Å²) in [5.74, 6) is 0.226. The quantitative estimate of drug-likeness (QED) is 0.561. The lowest BCUT2D eigenvalue weighted by atomic mass is 10.1. The lowest BCUT2D eigenvalue weighted by Crippen LogP contribution is -2.19. The first kappa shape index (κ1) is 9.21. The van der Waals surface area contributed by atoms with Gasteiger partial charge >= 0.3 is 5.97 Å². The third-order valence-electron chi connectivity index (χ3n) is 2.47. The van der Waals surface area contributed by atoms with Gasteiger partial charge in [-0.25, -0.2) is 0 Å². The molecule has 14 heavy (non-hydrogen) atoms. The Kier molecular flexibility index (Phi) is 2.50. The molecule has 3 nitrogen and oxygen atoms in total. The predicted molar refractivity (Wildman–Crippen MR) is 53.2 cm³/mol. The number of nitrogens with two attached hydrogens (primary N) is 1. The molecule has 0 spiro atoms. The Labute approximate surface area is 82.9 Å². The summed E-state index contributed by atoms with van der Waals surface area (Å²) in [5.41, 5.74) is 7.83. The highest BCUT2D eigenvalue weighted by atomic mass is 16.5. The maximum Gasteiger partial charge on any atom is 0.325 e. The van der Waals surface area contributed by atoms with Crippen molar-refractivity contribution >= 4 is 5.97 Å². The Morgan fingerprint density at radius 1 is 1.36 bits per heavy atom. The highest BCUT2D eigenvalue weighted by Gasteiger charge is 2.12. The summed E-state index contributed by atoms with van der Waals surface area (Å²) in [5, 5.41) is 0. The fourth-order valence-corrected chi connectivity index (χ4v) is 1.78. The minimum Gasteiger partial charge on any atom is -0.426 e. The average molecular weight is 191 g/mol. The lowest BCUT2D eigenvalue weighted by molar-refractivity contribution is -0.132. The van der Waals surface area contributed by atoms with Crippen LogP contribution in [0.2, 0.25) is 0 Å². The van der Waals surface area contributed by atoms with Gasteiger partial charge in [0.05, 0.1) is 6.54 Å². The highest BCUT2D eigenvalue weighted by Crippen LogP contribution is 2.25. The number of carbonyl (C=O) groups is 1. The Balaban J connectivity index is 2.16. The van der Waals surface area contributed by atoms with Crippen molar-refractivity contribution in [1.29, 1.82) is 0 Å². The van der Waals surface area contributed by atoms with E-state index in [1.54, 1.807) is 0 Å². The maximum atomic E-state index is 10.9. The molecule has 0 saturated heterocycles. The van der Waals surface area contributed by atoms with Crippen molar-refractivity contribution in [2.24, 2.45) is 5.73 Å². The van der Waals surface area contributed by atoms with Gasteiger partial charge in [-0.3, -0.25) is 4.79 Å². The molecule has 0 aliphatic heterocycles. The average Bonchev–Trinajstić information content (AvgIpc) is 2.64. The Morgan fingerprint density at radius 3 is 2.93 bits per heavy atom. The molecule has 0 saturated carbocycles. The van der Waals surface area contributed by atoms with Gasteiger partial charge in [0.1, 0.15) is 5.75 Å². The summed E-state index contributed by atoms with van der Waals surface area (Å²) in [6, 6.07) is 5.80. The van der Waals surface area contributed by atoms with Gasteiger partial charge in [-0.1, -0.05) is 6.07 Å². The van der Waals surface area contributed by atoms with Crippen LogP contribution in [0.15, 0.2) is 18.2 Å². The molecule has 0 amide bonds. The van der Waals surface area contributed by atoms with Crippen LogP contribution in [-0.4, -0.2) is 12.5 Å². The first-order chi connectivity index (χ1) is 6.79. The van der Waals surface area contributed by atoms with Gasteiger partial charge in [-0.2, -0.15) is 0 Å². The zero-order valence-electron chi connectivity index (χ0n) is 7.95. The van der Waals surface area contributed by atoms with Crippen molar-refractivity contribution in [3.63, 3.8) is 0 Å². The van der Waals surface area contributed by atoms with E-state index in [9.17, 15) is 4.79 Å². The second-order valence-corrected chi connectivity index (χ2v) is 3.46. The third-order valence-corrected chi connectivity index (χ3v) is 2.47. The molecule has 0 aromatic heterocycles. The first-order valence-corrected chi connectivity index (χ1v) is 4.82. The minimum absolute atomic E-state index is 0.0723. The number of aryl methyl sites for hydroxylation is 2. The van der Waals surface area contributed by atoms with E-state index >= 15 is 0 Å². The fraction of sp³-hybridized carbons (Fsp3) is 0.364. The van der Waals surface area contributed by atoms with E-state index in [1.165, 1.54) is 17.5 Å². The molecule has 1 aliphatic carbocycles. The largest absolute Gasteiger partial charge is 0.426 e. The molecule has 0 fully saturated rings. The van der Waals surface area contributed by atoms with E-state index in [2.05, 4.69) is 0 Å². The van der Waals surface area contributed by atoms with E-state index in [4.69, 9.17) is 10.5 Å². The van der Waals surface area contributed by atoms with E-state index in [0.29, 0.717) is 5.75 Å². The molecule has 1 aromatic rings. The van der Waals surface area contributed by atoms with Crippen LogP contribution in [0.3, 0.4) is 0 Å². The summed E-state index contributed by atoms with van der Waals surface area (Å²) in [7, 11) is 0. The van der Waals surface area contributed by atoms with Crippen LogP contribution in [0, 0.1) is 0 Å². The molecule has 0 atom stereocenters. The van der Waals surface area contributed by atoms with Crippen LogP contribution in [0.4, 0.5) is 0 Å². The number of esters is 1. The second-order valence-electron chi connectivity index (χ2n) is 3.46. The molecule has 1 aliphatic rings. The van der Waals surface area contributed by atoms with E-state index < -0.39 is 0 Å². The third kappa shape index (κ3) is 1.77. The Hall–Kier alpha value is -1.35. The summed E-state index contributed by atoms with van der Waals surface area (Å²) in [6.45, 7) is -0.0723. The van der Waals surface area contributed by atoms with Crippen molar-refractivity contribution < 1.29 is 9.53 Å². The molecular weight excluding hydrogens is 178 g/mol. The van der Waals surface area contributed by atoms with Crippen LogP contribution < -0.4 is 10.5 Å². The van der Waals surface area contributed by atoms with Crippen LogP contribution in [0.5, 0.6) is 5.75 Å². The number of ether oxygens (including phenoxy) is 1. The molecule has 1 aromatic carbocycles. The van der Waals surface area contributed by atoms with Gasteiger partial charge in [-0.15, -0.1) is 0 Å². The fourth-order valence-electron chi connectivity index (χ4n) is 1.78. The Morgan fingerprint density at radius 2 is 2.14 bits per heavy atom. The number of rotatable bonds is 2. The predicted octanol–water partition coefficient (Wildman–Crippen LogP) is 1.04. The zero-order valence-corrected chi connectivity index (χ0v) is 7.95. The monoisotopic (exact) mass is 191 g/mol. The van der Waals surface area contributed by atoms with Gasteiger partial charge < -0.3 is 10.5 Å². The van der Waals surface area contributed by atoms with Crippen molar-refractivity contribution in [3.8, 4) is 5.75 Å². The number of hydrogen-bond acceptors (Lipinski definition) is 3. The second kappa shape index (κ2) is 3.80. The van der Waals surface area contributed by atoms with E-state index in [-0.39, 0.29) is 12.5 Å². The van der Waals surface area contributed by atoms with Gasteiger partial charge in [0.2, 0.25) is 0 Å². The summed E-state index contributed by atoms with van der Waals surface area (Å²) in [4.78, 5) is 10.9. The Bertz CT molecular complexity index is 360. The normalized spacial score (nSPS) is 13.8. The van der Waals surface area contributed by atoms with Crippen molar-refractivity contribution in [1.82, 2.24) is 0 Å².